The molecule has 1 aromatic carbocycles. The molecule has 2 aromatic rings. The number of sulfonamides is 1. The van der Waals surface area contributed by atoms with Crippen LogP contribution in [0.25, 0.3) is 0 Å². The molecule has 1 unspecified atom stereocenters. The predicted molar refractivity (Wildman–Crippen MR) is 79.2 cm³/mol. The Morgan fingerprint density at radius 1 is 1.38 bits per heavy atom. The first-order chi connectivity index (χ1) is 9.92. The van der Waals surface area contributed by atoms with Crippen LogP contribution in [0.2, 0.25) is 0 Å². The third-order valence-electron chi connectivity index (χ3n) is 3.18. The summed E-state index contributed by atoms with van der Waals surface area (Å²) in [6.07, 6.45) is 1.55. The van der Waals surface area contributed by atoms with E-state index in [2.05, 4.69) is 15.0 Å². The van der Waals surface area contributed by atoms with Crippen LogP contribution >= 0.6 is 0 Å². The van der Waals surface area contributed by atoms with E-state index in [9.17, 15) is 8.42 Å². The van der Waals surface area contributed by atoms with Crippen LogP contribution in [0.15, 0.2) is 39.8 Å². The zero-order valence-corrected chi connectivity index (χ0v) is 13.1. The molecule has 0 radical (unpaired) electrons. The summed E-state index contributed by atoms with van der Waals surface area (Å²) in [5, 5.41) is 3.08. The van der Waals surface area contributed by atoms with E-state index in [0.29, 0.717) is 11.7 Å². The van der Waals surface area contributed by atoms with Gasteiger partial charge in [-0.3, -0.25) is 0 Å². The van der Waals surface area contributed by atoms with Crippen molar-refractivity contribution in [2.75, 3.05) is 7.05 Å². The van der Waals surface area contributed by atoms with Gasteiger partial charge in [-0.2, -0.15) is 0 Å². The van der Waals surface area contributed by atoms with E-state index < -0.39 is 10.0 Å². The van der Waals surface area contributed by atoms with Crippen molar-refractivity contribution in [2.24, 2.45) is 0 Å². The maximum atomic E-state index is 12.3. The van der Waals surface area contributed by atoms with Crippen LogP contribution in [-0.2, 0) is 16.6 Å². The van der Waals surface area contributed by atoms with Gasteiger partial charge in [-0.05, 0) is 38.6 Å². The fourth-order valence-corrected chi connectivity index (χ4v) is 2.87. The zero-order chi connectivity index (χ0) is 15.5. The monoisotopic (exact) mass is 309 g/mol. The number of hydrogen-bond donors (Lipinski definition) is 2. The van der Waals surface area contributed by atoms with Gasteiger partial charge in [0, 0.05) is 6.04 Å². The second-order valence-electron chi connectivity index (χ2n) is 4.77. The van der Waals surface area contributed by atoms with Crippen molar-refractivity contribution in [1.82, 2.24) is 15.0 Å². The van der Waals surface area contributed by atoms with Crippen molar-refractivity contribution >= 4 is 10.0 Å². The van der Waals surface area contributed by atoms with Crippen LogP contribution in [-0.4, -0.2) is 20.4 Å². The fourth-order valence-electron chi connectivity index (χ4n) is 1.84. The average Bonchev–Trinajstić information content (AvgIpc) is 2.90. The number of oxazole rings is 1. The second kappa shape index (κ2) is 6.38. The Kier molecular flexibility index (Phi) is 4.76. The second-order valence-corrected chi connectivity index (χ2v) is 6.54. The van der Waals surface area contributed by atoms with E-state index in [4.69, 9.17) is 4.42 Å². The molecule has 0 bridgehead atoms. The lowest BCUT2D eigenvalue weighted by molar-refractivity contribution is 0.463. The summed E-state index contributed by atoms with van der Waals surface area (Å²) in [7, 11) is -1.76. The van der Waals surface area contributed by atoms with Crippen LogP contribution in [0.3, 0.4) is 0 Å². The quantitative estimate of drug-likeness (QED) is 0.849. The Morgan fingerprint density at radius 3 is 2.76 bits per heavy atom. The standard InChI is InChI=1S/C14H19N3O3S/c1-10-8-16-14(20-10)9-17-21(18,19)13-6-4-5-12(7-13)11(2)15-3/h4-8,11,15,17H,9H2,1-3H3. The smallest absolute Gasteiger partial charge is 0.241 e. The maximum Gasteiger partial charge on any atom is 0.241 e. The van der Waals surface area contributed by atoms with Crippen LogP contribution < -0.4 is 10.0 Å². The number of aryl methyl sites for hydroxylation is 1. The lowest BCUT2D eigenvalue weighted by Gasteiger charge is -2.12. The lowest BCUT2D eigenvalue weighted by Crippen LogP contribution is -2.24. The van der Waals surface area contributed by atoms with E-state index in [1.54, 1.807) is 31.3 Å². The molecule has 7 heteroatoms. The molecule has 0 saturated heterocycles. The van der Waals surface area contributed by atoms with E-state index >= 15 is 0 Å². The van der Waals surface area contributed by atoms with Crippen molar-refractivity contribution in [3.05, 3.63) is 47.7 Å². The highest BCUT2D eigenvalue weighted by atomic mass is 32.2. The predicted octanol–water partition coefficient (Wildman–Crippen LogP) is 1.74. The van der Waals surface area contributed by atoms with Gasteiger partial charge in [0.1, 0.15) is 5.76 Å². The molecular weight excluding hydrogens is 290 g/mol. The molecule has 1 heterocycles. The Labute approximate surface area is 124 Å². The number of nitrogens with one attached hydrogen (secondary N) is 2. The minimum Gasteiger partial charge on any atom is -0.445 e. The van der Waals surface area contributed by atoms with Crippen molar-refractivity contribution < 1.29 is 12.8 Å². The van der Waals surface area contributed by atoms with Crippen LogP contribution in [0.1, 0.15) is 30.2 Å². The first-order valence-corrected chi connectivity index (χ1v) is 8.09. The Morgan fingerprint density at radius 2 is 2.14 bits per heavy atom. The molecule has 114 valence electrons. The molecule has 0 aliphatic carbocycles. The minimum atomic E-state index is -3.59. The number of hydrogen-bond acceptors (Lipinski definition) is 5. The van der Waals surface area contributed by atoms with E-state index in [-0.39, 0.29) is 17.5 Å². The maximum absolute atomic E-state index is 12.3. The molecule has 0 fully saturated rings. The molecule has 0 aliphatic rings. The summed E-state index contributed by atoms with van der Waals surface area (Å²) >= 11 is 0. The van der Waals surface area contributed by atoms with Crippen LogP contribution in [0.5, 0.6) is 0 Å². The zero-order valence-electron chi connectivity index (χ0n) is 12.3. The molecule has 0 spiro atoms. The van der Waals surface area contributed by atoms with Crippen molar-refractivity contribution in [3.63, 3.8) is 0 Å². The van der Waals surface area contributed by atoms with E-state index in [0.717, 1.165) is 5.56 Å². The molecule has 0 saturated carbocycles. The summed E-state index contributed by atoms with van der Waals surface area (Å²) < 4.78 is 32.3. The van der Waals surface area contributed by atoms with Gasteiger partial charge < -0.3 is 9.73 Å². The number of aromatic nitrogens is 1. The van der Waals surface area contributed by atoms with Gasteiger partial charge in [0.25, 0.3) is 0 Å². The van der Waals surface area contributed by atoms with Crippen LogP contribution in [0, 0.1) is 6.92 Å². The summed E-state index contributed by atoms with van der Waals surface area (Å²) in [5.74, 6) is 0.991. The minimum absolute atomic E-state index is 0.0297. The molecule has 1 aromatic heterocycles. The molecule has 0 amide bonds. The third kappa shape index (κ3) is 3.90. The molecule has 1 atom stereocenters. The summed E-state index contributed by atoms with van der Waals surface area (Å²) in [4.78, 5) is 4.20. The molecule has 2 rings (SSSR count). The lowest BCUT2D eigenvalue weighted by atomic mass is 10.1. The van der Waals surface area contributed by atoms with Gasteiger partial charge >= 0.3 is 0 Å². The molecule has 6 nitrogen and oxygen atoms in total. The number of rotatable bonds is 6. The molecule has 0 aliphatic heterocycles. The Bertz CT molecular complexity index is 710. The first kappa shape index (κ1) is 15.7. The van der Waals surface area contributed by atoms with E-state index in [1.807, 2.05) is 20.0 Å². The van der Waals surface area contributed by atoms with Crippen LogP contribution in [0.4, 0.5) is 0 Å². The van der Waals surface area contributed by atoms with Gasteiger partial charge in [0.15, 0.2) is 0 Å². The van der Waals surface area contributed by atoms with Gasteiger partial charge in [0.2, 0.25) is 15.9 Å². The molecular formula is C14H19N3O3S. The van der Waals surface area contributed by atoms with Gasteiger partial charge in [0.05, 0.1) is 17.6 Å². The number of nitrogens with zero attached hydrogens (tertiary/aromatic N) is 1. The van der Waals surface area contributed by atoms with E-state index in [1.165, 1.54) is 0 Å². The molecule has 2 N–H and O–H groups in total. The average molecular weight is 309 g/mol. The summed E-state index contributed by atoms with van der Waals surface area (Å²) in [5.41, 5.74) is 0.910. The highest BCUT2D eigenvalue weighted by molar-refractivity contribution is 7.89. The summed E-state index contributed by atoms with van der Waals surface area (Å²) in [6, 6.07) is 6.92. The van der Waals surface area contributed by atoms with Crippen molar-refractivity contribution in [3.8, 4) is 0 Å². The van der Waals surface area contributed by atoms with Gasteiger partial charge in [-0.25, -0.2) is 18.1 Å². The highest BCUT2D eigenvalue weighted by Gasteiger charge is 2.16. The molecule has 21 heavy (non-hydrogen) atoms. The SMILES string of the molecule is CNC(C)c1cccc(S(=O)(=O)NCc2ncc(C)o2)c1. The largest absolute Gasteiger partial charge is 0.445 e. The normalized spacial score (nSPS) is 13.3. The fraction of sp³-hybridized carbons (Fsp3) is 0.357. The van der Waals surface area contributed by atoms with Crippen molar-refractivity contribution in [2.45, 2.75) is 31.3 Å². The van der Waals surface area contributed by atoms with Gasteiger partial charge in [-0.1, -0.05) is 12.1 Å². The highest BCUT2D eigenvalue weighted by Crippen LogP contribution is 2.17. The first-order valence-electron chi connectivity index (χ1n) is 6.60. The topological polar surface area (TPSA) is 84.2 Å². The van der Waals surface area contributed by atoms with Crippen molar-refractivity contribution in [1.29, 1.82) is 0 Å². The Balaban J connectivity index is 2.15. The third-order valence-corrected chi connectivity index (χ3v) is 4.58. The Hall–Kier alpha value is -1.70. The summed E-state index contributed by atoms with van der Waals surface area (Å²) in [6.45, 7) is 3.75. The number of benzene rings is 1. The van der Waals surface area contributed by atoms with Gasteiger partial charge in [-0.15, -0.1) is 0 Å².